The smallest absolute Gasteiger partial charge is 0.267 e. The first-order chi connectivity index (χ1) is 14.4. The average Bonchev–Trinajstić information content (AvgIpc) is 2.71. The Morgan fingerprint density at radius 1 is 1.10 bits per heavy atom. The molecule has 0 atom stereocenters. The Balaban J connectivity index is 1.81. The van der Waals surface area contributed by atoms with Gasteiger partial charge in [-0.05, 0) is 49.1 Å². The van der Waals surface area contributed by atoms with Crippen molar-refractivity contribution in [1.29, 1.82) is 0 Å². The maximum absolute atomic E-state index is 12.7. The van der Waals surface area contributed by atoms with Gasteiger partial charge in [0.05, 0.1) is 17.3 Å². The Bertz CT molecular complexity index is 1090. The predicted octanol–water partition coefficient (Wildman–Crippen LogP) is 5.04. The van der Waals surface area contributed by atoms with Crippen LogP contribution < -0.4 is 10.3 Å². The van der Waals surface area contributed by atoms with Crippen LogP contribution in [0.4, 0.5) is 0 Å². The quantitative estimate of drug-likeness (QED) is 0.475. The maximum atomic E-state index is 12.7. The molecule has 0 fully saturated rings. The van der Waals surface area contributed by atoms with Crippen molar-refractivity contribution >= 4 is 17.4 Å². The molecule has 0 aliphatic carbocycles. The number of benzene rings is 2. The molecule has 156 valence electrons. The minimum atomic E-state index is -0.333. The van der Waals surface area contributed by atoms with Crippen LogP contribution in [-0.2, 0) is 13.0 Å². The van der Waals surface area contributed by atoms with Gasteiger partial charge in [-0.15, -0.1) is 0 Å². The van der Waals surface area contributed by atoms with E-state index in [-0.39, 0.29) is 17.9 Å². The third kappa shape index (κ3) is 5.36. The molecular weight excluding hydrogens is 400 g/mol. The number of rotatable bonds is 8. The van der Waals surface area contributed by atoms with Gasteiger partial charge in [0.25, 0.3) is 5.56 Å². The summed E-state index contributed by atoms with van der Waals surface area (Å²) >= 11 is 6.17. The summed E-state index contributed by atoms with van der Waals surface area (Å²) in [4.78, 5) is 24.9. The van der Waals surface area contributed by atoms with E-state index in [1.54, 1.807) is 24.3 Å². The van der Waals surface area contributed by atoms with Crippen LogP contribution in [-0.4, -0.2) is 22.2 Å². The van der Waals surface area contributed by atoms with Gasteiger partial charge in [0.1, 0.15) is 12.3 Å². The van der Waals surface area contributed by atoms with Gasteiger partial charge in [-0.3, -0.25) is 9.59 Å². The van der Waals surface area contributed by atoms with Crippen LogP contribution in [0.25, 0.3) is 11.3 Å². The minimum Gasteiger partial charge on any atom is -0.492 e. The second kappa shape index (κ2) is 9.72. The van der Waals surface area contributed by atoms with Crippen LogP contribution in [0.2, 0.25) is 5.02 Å². The number of carbonyl (C=O) groups excluding carboxylic acids is 1. The molecule has 0 unspecified atom stereocenters. The fraction of sp³-hybridized carbons (Fsp3) is 0.292. The summed E-state index contributed by atoms with van der Waals surface area (Å²) in [6.45, 7) is 6.54. The van der Waals surface area contributed by atoms with Crippen molar-refractivity contribution in [3.8, 4) is 17.0 Å². The van der Waals surface area contributed by atoms with Crippen LogP contribution in [0.5, 0.6) is 5.75 Å². The standard InChI is InChI=1S/C24H25ClN2O3/c1-4-30-23-11-9-19(14-20(23)25)22(28)15-27-24(29)12-10-21(26-27)18-7-5-17(6-8-18)13-16(2)3/h5-12,14,16H,4,13,15H2,1-3H3. The van der Waals surface area contributed by atoms with Gasteiger partial charge in [-0.1, -0.05) is 49.7 Å². The van der Waals surface area contributed by atoms with Crippen molar-refractivity contribution in [3.05, 3.63) is 81.1 Å². The Morgan fingerprint density at radius 3 is 2.47 bits per heavy atom. The lowest BCUT2D eigenvalue weighted by atomic mass is 10.0. The molecule has 0 aliphatic heterocycles. The first-order valence-electron chi connectivity index (χ1n) is 10.0. The van der Waals surface area contributed by atoms with Gasteiger partial charge in [-0.2, -0.15) is 5.10 Å². The fourth-order valence-corrected chi connectivity index (χ4v) is 3.41. The lowest BCUT2D eigenvalue weighted by Crippen LogP contribution is -2.26. The molecule has 0 radical (unpaired) electrons. The van der Waals surface area contributed by atoms with Crippen LogP contribution in [0.15, 0.2) is 59.4 Å². The molecule has 6 heteroatoms. The average molecular weight is 425 g/mol. The summed E-state index contributed by atoms with van der Waals surface area (Å²) in [6, 6.07) is 16.1. The molecule has 3 aromatic rings. The summed E-state index contributed by atoms with van der Waals surface area (Å²) < 4.78 is 6.58. The van der Waals surface area contributed by atoms with Crippen LogP contribution in [0, 0.1) is 5.92 Å². The molecule has 0 bridgehead atoms. The zero-order valence-corrected chi connectivity index (χ0v) is 18.1. The van der Waals surface area contributed by atoms with Crippen molar-refractivity contribution in [3.63, 3.8) is 0 Å². The number of hydrogen-bond acceptors (Lipinski definition) is 4. The van der Waals surface area contributed by atoms with Gasteiger partial charge >= 0.3 is 0 Å². The minimum absolute atomic E-state index is 0.164. The molecule has 2 aromatic carbocycles. The van der Waals surface area contributed by atoms with Crippen molar-refractivity contribution in [2.75, 3.05) is 6.61 Å². The summed E-state index contributed by atoms with van der Waals surface area (Å²) in [5, 5.41) is 4.75. The van der Waals surface area contributed by atoms with Gasteiger partial charge in [0.15, 0.2) is 5.78 Å². The van der Waals surface area contributed by atoms with Crippen molar-refractivity contribution in [2.24, 2.45) is 5.92 Å². The van der Waals surface area contributed by atoms with Gasteiger partial charge in [0.2, 0.25) is 0 Å². The number of ketones is 1. The number of halogens is 1. The van der Waals surface area contributed by atoms with Crippen molar-refractivity contribution in [1.82, 2.24) is 9.78 Å². The molecule has 0 N–H and O–H groups in total. The molecule has 0 spiro atoms. The predicted molar refractivity (Wildman–Crippen MR) is 119 cm³/mol. The monoisotopic (exact) mass is 424 g/mol. The van der Waals surface area contributed by atoms with E-state index in [9.17, 15) is 9.59 Å². The van der Waals surface area contributed by atoms with E-state index in [0.717, 1.165) is 12.0 Å². The van der Waals surface area contributed by atoms with E-state index in [1.165, 1.54) is 16.3 Å². The van der Waals surface area contributed by atoms with Crippen LogP contribution in [0.3, 0.4) is 0 Å². The summed E-state index contributed by atoms with van der Waals surface area (Å²) in [5.74, 6) is 0.853. The second-order valence-electron chi connectivity index (χ2n) is 7.51. The first kappa shape index (κ1) is 21.8. The van der Waals surface area contributed by atoms with E-state index >= 15 is 0 Å². The normalized spacial score (nSPS) is 11.0. The fourth-order valence-electron chi connectivity index (χ4n) is 3.17. The van der Waals surface area contributed by atoms with E-state index in [2.05, 4.69) is 31.1 Å². The molecule has 1 aromatic heterocycles. The van der Waals surface area contributed by atoms with E-state index in [0.29, 0.717) is 34.6 Å². The Hall–Kier alpha value is -2.92. The van der Waals surface area contributed by atoms with Gasteiger partial charge in [-0.25, -0.2) is 4.68 Å². The van der Waals surface area contributed by atoms with Crippen molar-refractivity contribution < 1.29 is 9.53 Å². The summed E-state index contributed by atoms with van der Waals surface area (Å²) in [6.07, 6.45) is 1.01. The van der Waals surface area contributed by atoms with Gasteiger partial charge in [0, 0.05) is 17.2 Å². The summed E-state index contributed by atoms with van der Waals surface area (Å²) in [7, 11) is 0. The SMILES string of the molecule is CCOc1ccc(C(=O)Cn2nc(-c3ccc(CC(C)C)cc3)ccc2=O)cc1Cl. The molecule has 0 saturated carbocycles. The largest absolute Gasteiger partial charge is 0.492 e. The first-order valence-corrected chi connectivity index (χ1v) is 10.4. The van der Waals surface area contributed by atoms with Crippen LogP contribution in [0.1, 0.15) is 36.7 Å². The number of ether oxygens (including phenoxy) is 1. The zero-order valence-electron chi connectivity index (χ0n) is 17.4. The highest BCUT2D eigenvalue weighted by molar-refractivity contribution is 6.32. The summed E-state index contributed by atoms with van der Waals surface area (Å²) in [5.41, 5.74) is 2.86. The number of hydrogen-bond donors (Lipinski definition) is 0. The highest BCUT2D eigenvalue weighted by Crippen LogP contribution is 2.26. The van der Waals surface area contributed by atoms with Gasteiger partial charge < -0.3 is 4.74 Å². The number of Topliss-reactive ketones (excluding diaryl/α,β-unsaturated/α-hetero) is 1. The molecule has 0 amide bonds. The lowest BCUT2D eigenvalue weighted by molar-refractivity contribution is 0.0966. The molecule has 0 aliphatic rings. The Kier molecular flexibility index (Phi) is 7.06. The highest BCUT2D eigenvalue weighted by Gasteiger charge is 2.13. The molecular formula is C24H25ClN2O3. The molecule has 30 heavy (non-hydrogen) atoms. The van der Waals surface area contributed by atoms with E-state index in [4.69, 9.17) is 16.3 Å². The molecule has 1 heterocycles. The molecule has 3 rings (SSSR count). The zero-order chi connectivity index (χ0) is 21.7. The highest BCUT2D eigenvalue weighted by atomic mass is 35.5. The topological polar surface area (TPSA) is 61.2 Å². The molecule has 0 saturated heterocycles. The van der Waals surface area contributed by atoms with Crippen molar-refractivity contribution in [2.45, 2.75) is 33.7 Å². The maximum Gasteiger partial charge on any atom is 0.267 e. The third-order valence-corrected chi connectivity index (χ3v) is 4.90. The van der Waals surface area contributed by atoms with E-state index in [1.807, 2.05) is 19.1 Å². The van der Waals surface area contributed by atoms with Crippen LogP contribution >= 0.6 is 11.6 Å². The Labute approximate surface area is 181 Å². The Morgan fingerprint density at radius 2 is 1.83 bits per heavy atom. The van der Waals surface area contributed by atoms with E-state index < -0.39 is 0 Å². The number of aromatic nitrogens is 2. The third-order valence-electron chi connectivity index (χ3n) is 4.61. The molecule has 5 nitrogen and oxygen atoms in total. The lowest BCUT2D eigenvalue weighted by Gasteiger charge is -2.10. The number of nitrogens with zero attached hydrogens (tertiary/aromatic N) is 2. The second-order valence-corrected chi connectivity index (χ2v) is 7.92. The number of carbonyl (C=O) groups is 1.